The Hall–Kier alpha value is -3.68. The lowest BCUT2D eigenvalue weighted by molar-refractivity contribution is -0.142. The SMILES string of the molecule is COC(=O)[C@H](Cc1c[nH]n(-c2ccccn2)c1=O)NC(=O)c1ccccc1. The molecule has 1 aromatic carbocycles. The fourth-order valence-corrected chi connectivity index (χ4v) is 2.60. The molecule has 0 radical (unpaired) electrons. The Morgan fingerprint density at radius 1 is 1.19 bits per heavy atom. The zero-order chi connectivity index (χ0) is 19.2. The standard InChI is InChI=1S/C19H18N4O4/c1-27-19(26)15(22-17(24)13-7-3-2-4-8-13)11-14-12-21-23(18(14)25)16-9-5-6-10-20-16/h2-10,12,15,21H,11H2,1H3,(H,22,24)/t15-/m0/s1. The van der Waals surface area contributed by atoms with Crippen molar-refractivity contribution in [2.75, 3.05) is 7.11 Å². The molecule has 3 aromatic rings. The predicted molar refractivity (Wildman–Crippen MR) is 97.6 cm³/mol. The van der Waals surface area contributed by atoms with Crippen LogP contribution in [0.3, 0.4) is 0 Å². The molecule has 2 N–H and O–H groups in total. The number of hydrogen-bond acceptors (Lipinski definition) is 5. The second-order valence-electron chi connectivity index (χ2n) is 5.75. The maximum atomic E-state index is 12.6. The second-order valence-corrected chi connectivity index (χ2v) is 5.75. The van der Waals surface area contributed by atoms with Gasteiger partial charge >= 0.3 is 5.97 Å². The first kappa shape index (κ1) is 18.1. The van der Waals surface area contributed by atoms with Crippen molar-refractivity contribution in [2.45, 2.75) is 12.5 Å². The summed E-state index contributed by atoms with van der Waals surface area (Å²) in [6, 6.07) is 12.7. The molecule has 1 amide bonds. The van der Waals surface area contributed by atoms with E-state index < -0.39 is 17.9 Å². The van der Waals surface area contributed by atoms with E-state index in [0.29, 0.717) is 16.9 Å². The maximum absolute atomic E-state index is 12.6. The number of hydrogen-bond donors (Lipinski definition) is 2. The van der Waals surface area contributed by atoms with Gasteiger partial charge in [0.15, 0.2) is 5.82 Å². The molecule has 0 saturated carbocycles. The minimum absolute atomic E-state index is 0.0135. The van der Waals surface area contributed by atoms with Crippen molar-refractivity contribution in [1.82, 2.24) is 20.1 Å². The van der Waals surface area contributed by atoms with Crippen molar-refractivity contribution in [2.24, 2.45) is 0 Å². The van der Waals surface area contributed by atoms with Crippen LogP contribution in [0.2, 0.25) is 0 Å². The first-order chi connectivity index (χ1) is 13.1. The molecule has 0 aliphatic carbocycles. The lowest BCUT2D eigenvalue weighted by atomic mass is 10.1. The number of carbonyl (C=O) groups is 2. The van der Waals surface area contributed by atoms with Crippen LogP contribution in [-0.2, 0) is 16.0 Å². The van der Waals surface area contributed by atoms with Crippen LogP contribution in [-0.4, -0.2) is 39.8 Å². The van der Waals surface area contributed by atoms with Crippen molar-refractivity contribution in [3.05, 3.63) is 82.4 Å². The molecule has 0 aliphatic rings. The Morgan fingerprint density at radius 2 is 1.93 bits per heavy atom. The molecule has 3 rings (SSSR count). The second kappa shape index (κ2) is 8.13. The molecule has 8 heteroatoms. The average molecular weight is 366 g/mol. The average Bonchev–Trinajstić information content (AvgIpc) is 3.08. The first-order valence-corrected chi connectivity index (χ1v) is 8.24. The topological polar surface area (TPSA) is 106 Å². The zero-order valence-corrected chi connectivity index (χ0v) is 14.6. The lowest BCUT2D eigenvalue weighted by Crippen LogP contribution is -2.43. The molecular formula is C19H18N4O4. The summed E-state index contributed by atoms with van der Waals surface area (Å²) in [5, 5.41) is 5.43. The molecule has 0 spiro atoms. The van der Waals surface area contributed by atoms with E-state index in [1.54, 1.807) is 54.7 Å². The third-order valence-electron chi connectivity index (χ3n) is 3.98. The van der Waals surface area contributed by atoms with Gasteiger partial charge in [0.25, 0.3) is 11.5 Å². The number of carbonyl (C=O) groups excluding carboxylic acids is 2. The molecule has 2 heterocycles. The van der Waals surface area contributed by atoms with Crippen molar-refractivity contribution in [3.63, 3.8) is 0 Å². The number of rotatable bonds is 6. The number of esters is 1. The molecule has 0 unspecified atom stereocenters. The molecule has 1 atom stereocenters. The third kappa shape index (κ3) is 4.12. The predicted octanol–water partition coefficient (Wildman–Crippen LogP) is 1.07. The molecule has 0 bridgehead atoms. The van der Waals surface area contributed by atoms with Crippen LogP contribution in [0.25, 0.3) is 5.82 Å². The van der Waals surface area contributed by atoms with E-state index in [1.165, 1.54) is 18.0 Å². The van der Waals surface area contributed by atoms with Gasteiger partial charge in [-0.15, -0.1) is 0 Å². The van der Waals surface area contributed by atoms with Gasteiger partial charge in [0.05, 0.1) is 7.11 Å². The number of aromatic amines is 1. The molecule has 2 aromatic heterocycles. The molecule has 138 valence electrons. The van der Waals surface area contributed by atoms with Gasteiger partial charge in [0.2, 0.25) is 0 Å². The minimum Gasteiger partial charge on any atom is -0.467 e. The van der Waals surface area contributed by atoms with Crippen LogP contribution < -0.4 is 10.9 Å². The summed E-state index contributed by atoms with van der Waals surface area (Å²) in [4.78, 5) is 41.2. The monoisotopic (exact) mass is 366 g/mol. The van der Waals surface area contributed by atoms with E-state index in [-0.39, 0.29) is 12.0 Å². The number of methoxy groups -OCH3 is 1. The number of pyridine rings is 1. The molecule has 8 nitrogen and oxygen atoms in total. The summed E-state index contributed by atoms with van der Waals surface area (Å²) in [5.74, 6) is -0.632. The fourth-order valence-electron chi connectivity index (χ4n) is 2.60. The van der Waals surface area contributed by atoms with E-state index in [9.17, 15) is 14.4 Å². The molecular weight excluding hydrogens is 348 g/mol. The summed E-state index contributed by atoms with van der Waals surface area (Å²) >= 11 is 0. The van der Waals surface area contributed by atoms with Crippen LogP contribution in [0, 0.1) is 0 Å². The van der Waals surface area contributed by atoms with Crippen LogP contribution >= 0.6 is 0 Å². The van der Waals surface area contributed by atoms with Gasteiger partial charge in [-0.3, -0.25) is 14.7 Å². The smallest absolute Gasteiger partial charge is 0.328 e. The summed E-state index contributed by atoms with van der Waals surface area (Å²) < 4.78 is 6.03. The summed E-state index contributed by atoms with van der Waals surface area (Å²) in [7, 11) is 1.23. The Balaban J connectivity index is 1.82. The third-order valence-corrected chi connectivity index (χ3v) is 3.98. The van der Waals surface area contributed by atoms with E-state index in [1.807, 2.05) is 0 Å². The van der Waals surface area contributed by atoms with Crippen LogP contribution in [0.1, 0.15) is 15.9 Å². The van der Waals surface area contributed by atoms with Crippen LogP contribution in [0.5, 0.6) is 0 Å². The maximum Gasteiger partial charge on any atom is 0.328 e. The van der Waals surface area contributed by atoms with Crippen molar-refractivity contribution in [3.8, 4) is 5.82 Å². The van der Waals surface area contributed by atoms with Gasteiger partial charge in [-0.05, 0) is 24.3 Å². The summed E-state index contributed by atoms with van der Waals surface area (Å²) in [6.45, 7) is 0. The van der Waals surface area contributed by atoms with Crippen molar-refractivity contribution < 1.29 is 14.3 Å². The number of benzene rings is 1. The van der Waals surface area contributed by atoms with E-state index >= 15 is 0 Å². The Kier molecular flexibility index (Phi) is 5.46. The van der Waals surface area contributed by atoms with Crippen molar-refractivity contribution >= 4 is 11.9 Å². The Labute approximate surface area is 154 Å². The number of aromatic nitrogens is 3. The van der Waals surface area contributed by atoms with Gasteiger partial charge in [-0.25, -0.2) is 14.5 Å². The highest BCUT2D eigenvalue weighted by Crippen LogP contribution is 2.05. The highest BCUT2D eigenvalue weighted by molar-refractivity contribution is 5.96. The number of H-pyrrole nitrogens is 1. The van der Waals surface area contributed by atoms with Crippen LogP contribution in [0.15, 0.2) is 65.7 Å². The van der Waals surface area contributed by atoms with E-state index in [2.05, 4.69) is 15.4 Å². The van der Waals surface area contributed by atoms with Gasteiger partial charge in [0.1, 0.15) is 6.04 Å². The zero-order valence-electron chi connectivity index (χ0n) is 14.6. The van der Waals surface area contributed by atoms with Crippen molar-refractivity contribution in [1.29, 1.82) is 0 Å². The summed E-state index contributed by atoms with van der Waals surface area (Å²) in [6.07, 6.45) is 3.04. The molecule has 0 aliphatic heterocycles. The molecule has 0 saturated heterocycles. The highest BCUT2D eigenvalue weighted by Gasteiger charge is 2.24. The number of amides is 1. The quantitative estimate of drug-likeness (QED) is 0.635. The number of nitrogens with one attached hydrogen (secondary N) is 2. The first-order valence-electron chi connectivity index (χ1n) is 8.24. The van der Waals surface area contributed by atoms with Gasteiger partial charge in [-0.2, -0.15) is 0 Å². The minimum atomic E-state index is -0.997. The fraction of sp³-hybridized carbons (Fsp3) is 0.158. The molecule has 27 heavy (non-hydrogen) atoms. The Bertz CT molecular complexity index is 980. The normalized spacial score (nSPS) is 11.6. The van der Waals surface area contributed by atoms with E-state index in [4.69, 9.17) is 4.74 Å². The van der Waals surface area contributed by atoms with Gasteiger partial charge < -0.3 is 10.1 Å². The number of ether oxygens (including phenoxy) is 1. The van der Waals surface area contributed by atoms with Gasteiger partial charge in [-0.1, -0.05) is 24.3 Å². The molecule has 0 fully saturated rings. The van der Waals surface area contributed by atoms with E-state index in [0.717, 1.165) is 0 Å². The number of nitrogens with zero attached hydrogens (tertiary/aromatic N) is 2. The largest absolute Gasteiger partial charge is 0.467 e. The van der Waals surface area contributed by atoms with Crippen LogP contribution in [0.4, 0.5) is 0 Å². The summed E-state index contributed by atoms with van der Waals surface area (Å²) in [5.41, 5.74) is 0.382. The highest BCUT2D eigenvalue weighted by atomic mass is 16.5. The Morgan fingerprint density at radius 3 is 2.59 bits per heavy atom. The van der Waals surface area contributed by atoms with Gasteiger partial charge in [0, 0.05) is 29.9 Å². The lowest BCUT2D eigenvalue weighted by Gasteiger charge is -2.15.